The normalized spacial score (nSPS) is 10.1. The zero-order valence-electron chi connectivity index (χ0n) is 11.1. The molecule has 0 saturated carbocycles. The number of ether oxygens (including phenoxy) is 1. The van der Waals surface area contributed by atoms with Crippen LogP contribution in [0.2, 0.25) is 0 Å². The van der Waals surface area contributed by atoms with E-state index < -0.39 is 12.1 Å². The summed E-state index contributed by atoms with van der Waals surface area (Å²) in [5, 5.41) is 7.12. The molecule has 0 fully saturated rings. The van der Waals surface area contributed by atoms with Gasteiger partial charge >= 0.3 is 12.1 Å². The predicted molar refractivity (Wildman–Crippen MR) is 72.0 cm³/mol. The number of aldehydes is 1. The lowest BCUT2D eigenvalue weighted by Gasteiger charge is -2.04. The van der Waals surface area contributed by atoms with Crippen LogP contribution in [0.1, 0.15) is 10.4 Å². The molecule has 0 aliphatic rings. The number of alkyl halides is 3. The third-order valence-electron chi connectivity index (χ3n) is 2.22. The van der Waals surface area contributed by atoms with Gasteiger partial charge < -0.3 is 9.84 Å². The Morgan fingerprint density at radius 1 is 1.00 bits per heavy atom. The molecule has 4 nitrogen and oxygen atoms in total. The van der Waals surface area contributed by atoms with Gasteiger partial charge in [0.25, 0.3) is 0 Å². The summed E-state index contributed by atoms with van der Waals surface area (Å²) < 4.78 is 37.3. The Morgan fingerprint density at radius 2 is 1.55 bits per heavy atom. The third-order valence-corrected chi connectivity index (χ3v) is 2.22. The molecule has 2 aromatic rings. The Kier molecular flexibility index (Phi) is 6.12. The maximum Gasteiger partial charge on any atom is 0.490 e. The van der Waals surface area contributed by atoms with E-state index in [9.17, 15) is 18.0 Å². The van der Waals surface area contributed by atoms with Crippen LogP contribution in [0.5, 0.6) is 11.5 Å². The molecular weight excluding hydrogens is 301 g/mol. The van der Waals surface area contributed by atoms with Gasteiger partial charge in [-0.1, -0.05) is 30.3 Å². The van der Waals surface area contributed by atoms with Gasteiger partial charge in [0, 0.05) is 5.56 Å². The minimum atomic E-state index is -5.08. The summed E-state index contributed by atoms with van der Waals surface area (Å²) in [6.45, 7) is 0. The van der Waals surface area contributed by atoms with Crippen LogP contribution in [0.3, 0.4) is 0 Å². The van der Waals surface area contributed by atoms with Gasteiger partial charge in [-0.3, -0.25) is 4.79 Å². The van der Waals surface area contributed by atoms with Gasteiger partial charge in [-0.15, -0.1) is 0 Å². The molecule has 2 aromatic carbocycles. The van der Waals surface area contributed by atoms with Crippen molar-refractivity contribution in [2.24, 2.45) is 0 Å². The van der Waals surface area contributed by atoms with Crippen LogP contribution in [-0.2, 0) is 4.79 Å². The summed E-state index contributed by atoms with van der Waals surface area (Å²) in [5.41, 5.74) is 0.614. The van der Waals surface area contributed by atoms with Gasteiger partial charge in [-0.25, -0.2) is 4.79 Å². The highest BCUT2D eigenvalue weighted by atomic mass is 19.4. The first-order chi connectivity index (χ1) is 10.3. The molecule has 2 rings (SSSR count). The highest BCUT2D eigenvalue weighted by Crippen LogP contribution is 2.21. The topological polar surface area (TPSA) is 63.6 Å². The van der Waals surface area contributed by atoms with Gasteiger partial charge in [0.2, 0.25) is 0 Å². The minimum Gasteiger partial charge on any atom is -0.475 e. The van der Waals surface area contributed by atoms with Gasteiger partial charge in [-0.2, -0.15) is 13.2 Å². The number of carbonyl (C=O) groups is 2. The van der Waals surface area contributed by atoms with Crippen molar-refractivity contribution in [3.05, 3.63) is 60.2 Å². The number of carbonyl (C=O) groups excluding carboxylic acids is 1. The highest BCUT2D eigenvalue weighted by Gasteiger charge is 2.38. The molecule has 0 heterocycles. The monoisotopic (exact) mass is 312 g/mol. The van der Waals surface area contributed by atoms with E-state index in [1.807, 2.05) is 36.4 Å². The van der Waals surface area contributed by atoms with Crippen molar-refractivity contribution in [3.8, 4) is 11.5 Å². The van der Waals surface area contributed by atoms with Crippen molar-refractivity contribution in [2.75, 3.05) is 0 Å². The van der Waals surface area contributed by atoms with Crippen molar-refractivity contribution in [1.29, 1.82) is 0 Å². The van der Waals surface area contributed by atoms with Crippen molar-refractivity contribution < 1.29 is 32.6 Å². The van der Waals surface area contributed by atoms with E-state index in [0.717, 1.165) is 12.0 Å². The first kappa shape index (κ1) is 17.2. The molecule has 0 aliphatic carbocycles. The number of carboxylic acid groups (broad SMARTS) is 1. The Hall–Kier alpha value is -2.83. The zero-order chi connectivity index (χ0) is 16.6. The molecule has 0 unspecified atom stereocenters. The molecule has 0 spiro atoms. The largest absolute Gasteiger partial charge is 0.490 e. The fraction of sp³-hybridized carbons (Fsp3) is 0.0667. The second kappa shape index (κ2) is 7.82. The number of rotatable bonds is 3. The Bertz CT molecular complexity index is 624. The summed E-state index contributed by atoms with van der Waals surface area (Å²) in [6, 6.07) is 16.5. The second-order valence-corrected chi connectivity index (χ2v) is 3.91. The van der Waals surface area contributed by atoms with Gasteiger partial charge in [-0.05, 0) is 24.3 Å². The van der Waals surface area contributed by atoms with Crippen LogP contribution >= 0.6 is 0 Å². The number of hydrogen-bond acceptors (Lipinski definition) is 3. The van der Waals surface area contributed by atoms with Crippen LogP contribution < -0.4 is 4.74 Å². The lowest BCUT2D eigenvalue weighted by Crippen LogP contribution is -2.21. The Balaban J connectivity index is 0.000000295. The fourth-order valence-electron chi connectivity index (χ4n) is 1.28. The van der Waals surface area contributed by atoms with Crippen molar-refractivity contribution in [2.45, 2.75) is 6.18 Å². The van der Waals surface area contributed by atoms with Gasteiger partial charge in [0.05, 0.1) is 0 Å². The fourth-order valence-corrected chi connectivity index (χ4v) is 1.28. The lowest BCUT2D eigenvalue weighted by molar-refractivity contribution is -0.192. The number of halogens is 3. The molecule has 0 amide bonds. The molecule has 0 bridgehead atoms. The quantitative estimate of drug-likeness (QED) is 0.872. The molecule has 22 heavy (non-hydrogen) atoms. The van der Waals surface area contributed by atoms with Crippen LogP contribution in [0.4, 0.5) is 13.2 Å². The van der Waals surface area contributed by atoms with Gasteiger partial charge in [0.15, 0.2) is 0 Å². The first-order valence-corrected chi connectivity index (χ1v) is 5.91. The van der Waals surface area contributed by atoms with E-state index in [0.29, 0.717) is 11.3 Å². The van der Waals surface area contributed by atoms with E-state index in [-0.39, 0.29) is 0 Å². The molecule has 0 saturated heterocycles. The van der Waals surface area contributed by atoms with Crippen molar-refractivity contribution in [3.63, 3.8) is 0 Å². The van der Waals surface area contributed by atoms with Crippen LogP contribution in [0.25, 0.3) is 0 Å². The van der Waals surface area contributed by atoms with Crippen LogP contribution in [0, 0.1) is 0 Å². The summed E-state index contributed by atoms with van der Waals surface area (Å²) in [7, 11) is 0. The first-order valence-electron chi connectivity index (χ1n) is 5.91. The summed E-state index contributed by atoms with van der Waals surface area (Å²) in [6.07, 6.45) is -4.28. The minimum absolute atomic E-state index is 0.614. The van der Waals surface area contributed by atoms with E-state index >= 15 is 0 Å². The zero-order valence-corrected chi connectivity index (χ0v) is 11.1. The molecule has 0 radical (unpaired) electrons. The molecule has 7 heteroatoms. The Morgan fingerprint density at radius 3 is 2.05 bits per heavy atom. The molecule has 0 atom stereocenters. The number of aliphatic carboxylic acids is 1. The number of para-hydroxylation sites is 1. The predicted octanol–water partition coefficient (Wildman–Crippen LogP) is 3.92. The van der Waals surface area contributed by atoms with Crippen molar-refractivity contribution >= 4 is 12.3 Å². The van der Waals surface area contributed by atoms with Crippen LogP contribution in [0.15, 0.2) is 54.6 Å². The maximum absolute atomic E-state index is 10.6. The smallest absolute Gasteiger partial charge is 0.475 e. The SMILES string of the molecule is O=C(O)C(F)(F)F.O=Cc1cccc(Oc2ccccc2)c1. The summed E-state index contributed by atoms with van der Waals surface area (Å²) in [4.78, 5) is 19.5. The number of carboxylic acids is 1. The van der Waals surface area contributed by atoms with E-state index in [1.54, 1.807) is 18.2 Å². The molecular formula is C15H11F3O4. The van der Waals surface area contributed by atoms with Crippen LogP contribution in [-0.4, -0.2) is 23.5 Å². The van der Waals surface area contributed by atoms with E-state index in [2.05, 4.69) is 0 Å². The second-order valence-electron chi connectivity index (χ2n) is 3.91. The standard InChI is InChI=1S/C13H10O2.C2HF3O2/c14-10-11-5-4-8-13(9-11)15-12-6-2-1-3-7-12;3-2(4,5)1(6)7/h1-10H;(H,6,7). The average molecular weight is 312 g/mol. The van der Waals surface area contributed by atoms with E-state index in [1.165, 1.54) is 0 Å². The van der Waals surface area contributed by atoms with Gasteiger partial charge in [0.1, 0.15) is 17.8 Å². The lowest BCUT2D eigenvalue weighted by atomic mass is 10.2. The molecule has 1 N–H and O–H groups in total. The maximum atomic E-state index is 10.6. The Labute approximate surface area is 123 Å². The third kappa shape index (κ3) is 6.08. The van der Waals surface area contributed by atoms with Crippen molar-refractivity contribution in [1.82, 2.24) is 0 Å². The average Bonchev–Trinajstić information content (AvgIpc) is 2.48. The molecule has 0 aromatic heterocycles. The highest BCUT2D eigenvalue weighted by molar-refractivity contribution is 5.75. The summed E-state index contributed by atoms with van der Waals surface area (Å²) in [5.74, 6) is -1.32. The molecule has 0 aliphatic heterocycles. The molecule has 116 valence electrons. The summed E-state index contributed by atoms with van der Waals surface area (Å²) >= 11 is 0. The number of benzene rings is 2. The van der Waals surface area contributed by atoms with E-state index in [4.69, 9.17) is 14.6 Å². The number of hydrogen-bond donors (Lipinski definition) is 1.